The molecule has 3 aromatic rings. The first-order chi connectivity index (χ1) is 9.79. The molecule has 0 bridgehead atoms. The summed E-state index contributed by atoms with van der Waals surface area (Å²) in [7, 11) is 0. The molecule has 0 aliphatic carbocycles. The van der Waals surface area contributed by atoms with Crippen molar-refractivity contribution in [3.05, 3.63) is 52.8 Å². The zero-order valence-corrected chi connectivity index (χ0v) is 11.0. The second kappa shape index (κ2) is 5.16. The van der Waals surface area contributed by atoms with E-state index in [9.17, 15) is 4.79 Å². The molecule has 6 nitrogen and oxygen atoms in total. The van der Waals surface area contributed by atoms with Crippen LogP contribution >= 0.6 is 0 Å². The molecule has 0 saturated carbocycles. The van der Waals surface area contributed by atoms with Gasteiger partial charge in [-0.1, -0.05) is 18.2 Å². The summed E-state index contributed by atoms with van der Waals surface area (Å²) in [5, 5.41) is 7.40. The number of aromatic amines is 1. The Kier molecular flexibility index (Phi) is 3.20. The number of H-pyrrole nitrogens is 1. The predicted octanol–water partition coefficient (Wildman–Crippen LogP) is 1.72. The summed E-state index contributed by atoms with van der Waals surface area (Å²) in [5.74, 6) is 1.26. The van der Waals surface area contributed by atoms with E-state index >= 15 is 0 Å². The van der Waals surface area contributed by atoms with Crippen LogP contribution in [0.1, 0.15) is 12.7 Å². The van der Waals surface area contributed by atoms with Gasteiger partial charge in [0, 0.05) is 18.1 Å². The molecule has 0 saturated heterocycles. The van der Waals surface area contributed by atoms with Crippen molar-refractivity contribution < 1.29 is 4.74 Å². The predicted molar refractivity (Wildman–Crippen MR) is 74.6 cm³/mol. The van der Waals surface area contributed by atoms with Crippen molar-refractivity contribution in [1.29, 1.82) is 0 Å². The van der Waals surface area contributed by atoms with Gasteiger partial charge in [-0.05, 0) is 19.1 Å². The SMILES string of the molecule is CCn1c(COc2cccc3cccnc23)n[nH]c1=O. The minimum atomic E-state index is -0.220. The summed E-state index contributed by atoms with van der Waals surface area (Å²) >= 11 is 0. The van der Waals surface area contributed by atoms with E-state index in [0.717, 1.165) is 10.9 Å². The van der Waals surface area contributed by atoms with Gasteiger partial charge in [0.2, 0.25) is 0 Å². The summed E-state index contributed by atoms with van der Waals surface area (Å²) in [6.45, 7) is 2.67. The number of pyridine rings is 1. The molecule has 0 fully saturated rings. The first kappa shape index (κ1) is 12.4. The minimum absolute atomic E-state index is 0.220. The maximum absolute atomic E-state index is 11.5. The van der Waals surface area contributed by atoms with E-state index in [1.807, 2.05) is 37.3 Å². The number of ether oxygens (including phenoxy) is 1. The maximum atomic E-state index is 11.5. The number of rotatable bonds is 4. The van der Waals surface area contributed by atoms with Gasteiger partial charge in [-0.2, -0.15) is 5.10 Å². The normalized spacial score (nSPS) is 10.8. The van der Waals surface area contributed by atoms with Crippen molar-refractivity contribution in [3.63, 3.8) is 0 Å². The number of hydrogen-bond donors (Lipinski definition) is 1. The Bertz CT molecular complexity index is 786. The van der Waals surface area contributed by atoms with Crippen molar-refractivity contribution in [1.82, 2.24) is 19.7 Å². The fraction of sp³-hybridized carbons (Fsp3) is 0.214. The summed E-state index contributed by atoms with van der Waals surface area (Å²) in [5.41, 5.74) is 0.582. The van der Waals surface area contributed by atoms with Crippen LogP contribution in [0.25, 0.3) is 10.9 Å². The van der Waals surface area contributed by atoms with Gasteiger partial charge in [-0.3, -0.25) is 9.55 Å². The van der Waals surface area contributed by atoms with E-state index < -0.39 is 0 Å². The number of nitrogens with zero attached hydrogens (tertiary/aromatic N) is 3. The molecular weight excluding hydrogens is 256 g/mol. The Morgan fingerprint density at radius 3 is 3.00 bits per heavy atom. The van der Waals surface area contributed by atoms with Crippen molar-refractivity contribution in [3.8, 4) is 5.75 Å². The van der Waals surface area contributed by atoms with Gasteiger partial charge >= 0.3 is 5.69 Å². The largest absolute Gasteiger partial charge is 0.483 e. The molecule has 0 radical (unpaired) electrons. The standard InChI is InChI=1S/C14H14N4O2/c1-2-18-12(16-17-14(18)19)9-20-11-7-3-5-10-6-4-8-15-13(10)11/h3-8H,2,9H2,1H3,(H,17,19). The lowest BCUT2D eigenvalue weighted by Gasteiger charge is -2.08. The molecule has 20 heavy (non-hydrogen) atoms. The zero-order valence-electron chi connectivity index (χ0n) is 11.0. The lowest BCUT2D eigenvalue weighted by Crippen LogP contribution is -2.18. The van der Waals surface area contributed by atoms with E-state index in [1.54, 1.807) is 10.8 Å². The van der Waals surface area contributed by atoms with Gasteiger partial charge in [0.25, 0.3) is 0 Å². The topological polar surface area (TPSA) is 72.8 Å². The highest BCUT2D eigenvalue weighted by Crippen LogP contribution is 2.23. The molecule has 1 aromatic carbocycles. The van der Waals surface area contributed by atoms with E-state index in [1.165, 1.54) is 0 Å². The number of para-hydroxylation sites is 1. The third-order valence-electron chi connectivity index (χ3n) is 3.11. The molecule has 0 atom stereocenters. The molecular formula is C14H14N4O2. The Morgan fingerprint density at radius 1 is 1.30 bits per heavy atom. The van der Waals surface area contributed by atoms with Gasteiger partial charge in [0.05, 0.1) is 0 Å². The van der Waals surface area contributed by atoms with Gasteiger partial charge in [-0.25, -0.2) is 9.89 Å². The van der Waals surface area contributed by atoms with Crippen LogP contribution in [0.3, 0.4) is 0 Å². The van der Waals surface area contributed by atoms with Crippen LogP contribution < -0.4 is 10.4 Å². The highest BCUT2D eigenvalue weighted by Gasteiger charge is 2.08. The minimum Gasteiger partial charge on any atom is -0.483 e. The number of nitrogens with one attached hydrogen (secondary N) is 1. The third-order valence-corrected chi connectivity index (χ3v) is 3.11. The number of benzene rings is 1. The van der Waals surface area contributed by atoms with E-state index in [0.29, 0.717) is 18.1 Å². The molecule has 0 unspecified atom stereocenters. The first-order valence-corrected chi connectivity index (χ1v) is 6.40. The van der Waals surface area contributed by atoms with Crippen LogP contribution in [-0.2, 0) is 13.2 Å². The molecule has 0 amide bonds. The molecule has 102 valence electrons. The van der Waals surface area contributed by atoms with Gasteiger partial charge in [0.1, 0.15) is 17.9 Å². The van der Waals surface area contributed by atoms with Crippen molar-refractivity contribution in [2.45, 2.75) is 20.1 Å². The summed E-state index contributed by atoms with van der Waals surface area (Å²) < 4.78 is 7.30. The summed E-state index contributed by atoms with van der Waals surface area (Å²) in [6.07, 6.45) is 1.73. The fourth-order valence-corrected chi connectivity index (χ4v) is 2.12. The van der Waals surface area contributed by atoms with Crippen molar-refractivity contribution >= 4 is 10.9 Å². The van der Waals surface area contributed by atoms with Crippen molar-refractivity contribution in [2.24, 2.45) is 0 Å². The third kappa shape index (κ3) is 2.16. The van der Waals surface area contributed by atoms with Crippen LogP contribution in [0.15, 0.2) is 41.3 Å². The average Bonchev–Trinajstić information content (AvgIpc) is 2.85. The van der Waals surface area contributed by atoms with Crippen LogP contribution in [0.2, 0.25) is 0 Å². The summed E-state index contributed by atoms with van der Waals surface area (Å²) in [4.78, 5) is 15.8. The van der Waals surface area contributed by atoms with Crippen molar-refractivity contribution in [2.75, 3.05) is 0 Å². The lowest BCUT2D eigenvalue weighted by atomic mass is 10.2. The second-order valence-electron chi connectivity index (χ2n) is 4.31. The van der Waals surface area contributed by atoms with Gasteiger partial charge in [-0.15, -0.1) is 0 Å². The highest BCUT2D eigenvalue weighted by molar-refractivity contribution is 5.84. The quantitative estimate of drug-likeness (QED) is 0.783. The molecule has 0 aliphatic heterocycles. The van der Waals surface area contributed by atoms with Gasteiger partial charge in [0.15, 0.2) is 5.82 Å². The molecule has 6 heteroatoms. The number of fused-ring (bicyclic) bond motifs is 1. The summed E-state index contributed by atoms with van der Waals surface area (Å²) in [6, 6.07) is 9.61. The molecule has 0 spiro atoms. The first-order valence-electron chi connectivity index (χ1n) is 6.40. The van der Waals surface area contributed by atoms with E-state index in [2.05, 4.69) is 15.2 Å². The van der Waals surface area contributed by atoms with E-state index in [-0.39, 0.29) is 12.3 Å². The molecule has 3 rings (SSSR count). The number of hydrogen-bond acceptors (Lipinski definition) is 4. The Labute approximate surface area is 115 Å². The van der Waals surface area contributed by atoms with Gasteiger partial charge < -0.3 is 4.74 Å². The fourth-order valence-electron chi connectivity index (χ4n) is 2.12. The lowest BCUT2D eigenvalue weighted by molar-refractivity contribution is 0.292. The Morgan fingerprint density at radius 2 is 2.15 bits per heavy atom. The zero-order chi connectivity index (χ0) is 13.9. The molecule has 1 N–H and O–H groups in total. The number of aromatic nitrogens is 4. The Hall–Kier alpha value is -2.63. The molecule has 2 aromatic heterocycles. The highest BCUT2D eigenvalue weighted by atomic mass is 16.5. The van der Waals surface area contributed by atoms with Crippen LogP contribution in [0.5, 0.6) is 5.75 Å². The van der Waals surface area contributed by atoms with Crippen LogP contribution in [0.4, 0.5) is 0 Å². The Balaban J connectivity index is 1.89. The van der Waals surface area contributed by atoms with Crippen LogP contribution in [-0.4, -0.2) is 19.7 Å². The smallest absolute Gasteiger partial charge is 0.343 e. The average molecular weight is 270 g/mol. The monoisotopic (exact) mass is 270 g/mol. The second-order valence-corrected chi connectivity index (χ2v) is 4.31. The molecule has 2 heterocycles. The van der Waals surface area contributed by atoms with E-state index in [4.69, 9.17) is 4.74 Å². The maximum Gasteiger partial charge on any atom is 0.343 e. The molecule has 0 aliphatic rings. The van der Waals surface area contributed by atoms with Crippen LogP contribution in [0, 0.1) is 0 Å².